The van der Waals surface area contributed by atoms with Crippen LogP contribution in [0.5, 0.6) is 0 Å². The van der Waals surface area contributed by atoms with E-state index in [-0.39, 0.29) is 10.8 Å². The lowest BCUT2D eigenvalue weighted by atomic mass is 10.2. The molecule has 6 nitrogen and oxygen atoms in total. The van der Waals surface area contributed by atoms with Gasteiger partial charge in [-0.3, -0.25) is 4.79 Å². The largest absolute Gasteiger partial charge is 0.367 e. The summed E-state index contributed by atoms with van der Waals surface area (Å²) >= 11 is 0. The van der Waals surface area contributed by atoms with Gasteiger partial charge in [0.1, 0.15) is 0 Å². The van der Waals surface area contributed by atoms with E-state index in [0.717, 1.165) is 43.8 Å². The molecular weight excluding hydrogens is 350 g/mol. The van der Waals surface area contributed by atoms with Crippen molar-refractivity contribution in [1.29, 1.82) is 0 Å². The predicted molar refractivity (Wildman–Crippen MR) is 104 cm³/mol. The fraction of sp³-hybridized carbons (Fsp3) is 0.316. The second-order valence-electron chi connectivity index (χ2n) is 6.56. The van der Waals surface area contributed by atoms with E-state index in [1.54, 1.807) is 12.1 Å². The molecule has 138 valence electrons. The standard InChI is InChI=1S/C19H23N3O3S/c1-21-10-12-22(13-11-21)18-9-4-3-8-17(18)20-19(23)15-6-5-7-16(14-15)26(2,24)25/h3-9,14H,10-13H2,1-2H3,(H,20,23). The number of nitrogens with zero attached hydrogens (tertiary/aromatic N) is 2. The second-order valence-corrected chi connectivity index (χ2v) is 8.58. The molecule has 1 N–H and O–H groups in total. The van der Waals surface area contributed by atoms with Gasteiger partial charge in [-0.25, -0.2) is 8.42 Å². The lowest BCUT2D eigenvalue weighted by molar-refractivity contribution is 0.102. The first-order chi connectivity index (χ1) is 12.3. The zero-order valence-corrected chi connectivity index (χ0v) is 15.8. The number of piperazine rings is 1. The van der Waals surface area contributed by atoms with Crippen LogP contribution in [0, 0.1) is 0 Å². The molecule has 2 aromatic rings. The molecule has 0 saturated carbocycles. The molecule has 0 aliphatic carbocycles. The predicted octanol–water partition coefficient (Wildman–Crippen LogP) is 2.09. The summed E-state index contributed by atoms with van der Waals surface area (Å²) < 4.78 is 23.4. The van der Waals surface area contributed by atoms with E-state index in [0.29, 0.717) is 5.56 Å². The fourth-order valence-corrected chi connectivity index (χ4v) is 3.63. The third-order valence-corrected chi connectivity index (χ3v) is 5.63. The minimum absolute atomic E-state index is 0.137. The summed E-state index contributed by atoms with van der Waals surface area (Å²) in [5.41, 5.74) is 2.03. The molecule has 0 unspecified atom stereocenters. The summed E-state index contributed by atoms with van der Waals surface area (Å²) in [6.45, 7) is 3.73. The van der Waals surface area contributed by atoms with Gasteiger partial charge in [0.25, 0.3) is 5.91 Å². The SMILES string of the molecule is CN1CCN(c2ccccc2NC(=O)c2cccc(S(C)(=O)=O)c2)CC1. The molecule has 1 aliphatic rings. The minimum Gasteiger partial charge on any atom is -0.367 e. The Morgan fingerprint density at radius 1 is 1.00 bits per heavy atom. The van der Waals surface area contributed by atoms with Crippen LogP contribution >= 0.6 is 0 Å². The highest BCUT2D eigenvalue weighted by Crippen LogP contribution is 2.27. The summed E-state index contributed by atoms with van der Waals surface area (Å²) in [6, 6.07) is 13.8. The number of anilines is 2. The van der Waals surface area contributed by atoms with Gasteiger partial charge in [0.05, 0.1) is 16.3 Å². The summed E-state index contributed by atoms with van der Waals surface area (Å²) in [6.07, 6.45) is 1.13. The van der Waals surface area contributed by atoms with Crippen molar-refractivity contribution >= 4 is 27.1 Å². The van der Waals surface area contributed by atoms with Crippen molar-refractivity contribution in [2.75, 3.05) is 49.7 Å². The van der Waals surface area contributed by atoms with E-state index in [4.69, 9.17) is 0 Å². The van der Waals surface area contributed by atoms with Crippen molar-refractivity contribution in [3.63, 3.8) is 0 Å². The number of para-hydroxylation sites is 2. The summed E-state index contributed by atoms with van der Waals surface area (Å²) in [5, 5.41) is 2.92. The van der Waals surface area contributed by atoms with Crippen molar-refractivity contribution < 1.29 is 13.2 Å². The molecular formula is C19H23N3O3S. The van der Waals surface area contributed by atoms with Gasteiger partial charge in [-0.05, 0) is 37.4 Å². The van der Waals surface area contributed by atoms with E-state index < -0.39 is 9.84 Å². The van der Waals surface area contributed by atoms with E-state index in [9.17, 15) is 13.2 Å². The topological polar surface area (TPSA) is 69.7 Å². The van der Waals surface area contributed by atoms with Gasteiger partial charge in [-0.1, -0.05) is 18.2 Å². The normalized spacial score (nSPS) is 15.7. The smallest absolute Gasteiger partial charge is 0.255 e. The van der Waals surface area contributed by atoms with E-state index in [1.165, 1.54) is 12.1 Å². The molecule has 0 bridgehead atoms. The number of amides is 1. The molecule has 0 radical (unpaired) electrons. The zero-order valence-electron chi connectivity index (χ0n) is 15.0. The number of rotatable bonds is 4. The molecule has 1 amide bonds. The van der Waals surface area contributed by atoms with Crippen LogP contribution in [0.15, 0.2) is 53.4 Å². The number of likely N-dealkylation sites (N-methyl/N-ethyl adjacent to an activating group) is 1. The van der Waals surface area contributed by atoms with Crippen molar-refractivity contribution in [3.8, 4) is 0 Å². The van der Waals surface area contributed by atoms with Crippen molar-refractivity contribution in [1.82, 2.24) is 4.90 Å². The number of nitrogens with one attached hydrogen (secondary N) is 1. The summed E-state index contributed by atoms with van der Waals surface area (Å²) in [4.78, 5) is 17.3. The van der Waals surface area contributed by atoms with Crippen molar-refractivity contribution in [2.45, 2.75) is 4.90 Å². The molecule has 1 heterocycles. The Bertz CT molecular complexity index is 904. The summed E-state index contributed by atoms with van der Waals surface area (Å²) in [5.74, 6) is -0.322. The van der Waals surface area contributed by atoms with E-state index in [1.807, 2.05) is 24.3 Å². The maximum Gasteiger partial charge on any atom is 0.255 e. The Labute approximate surface area is 154 Å². The monoisotopic (exact) mass is 373 g/mol. The quantitative estimate of drug-likeness (QED) is 0.889. The minimum atomic E-state index is -3.36. The number of hydrogen-bond donors (Lipinski definition) is 1. The maximum absolute atomic E-state index is 12.6. The Kier molecular flexibility index (Phi) is 5.29. The molecule has 2 aromatic carbocycles. The first-order valence-electron chi connectivity index (χ1n) is 8.48. The number of hydrogen-bond acceptors (Lipinski definition) is 5. The second kappa shape index (κ2) is 7.47. The zero-order chi connectivity index (χ0) is 18.7. The van der Waals surface area contributed by atoms with Gasteiger partial charge in [0.2, 0.25) is 0 Å². The third kappa shape index (κ3) is 4.23. The van der Waals surface area contributed by atoms with Crippen LogP contribution in [0.1, 0.15) is 10.4 Å². The first kappa shape index (κ1) is 18.4. The van der Waals surface area contributed by atoms with Gasteiger partial charge in [0.15, 0.2) is 9.84 Å². The Balaban J connectivity index is 1.82. The molecule has 1 aliphatic heterocycles. The van der Waals surface area contributed by atoms with Crippen LogP contribution in [-0.2, 0) is 9.84 Å². The summed E-state index contributed by atoms with van der Waals surface area (Å²) in [7, 11) is -1.26. The Morgan fingerprint density at radius 2 is 1.69 bits per heavy atom. The third-order valence-electron chi connectivity index (χ3n) is 4.52. The molecule has 3 rings (SSSR count). The van der Waals surface area contributed by atoms with E-state index in [2.05, 4.69) is 22.2 Å². The Hall–Kier alpha value is -2.38. The van der Waals surface area contributed by atoms with Gasteiger partial charge in [0, 0.05) is 38.0 Å². The molecule has 0 atom stereocenters. The van der Waals surface area contributed by atoms with E-state index >= 15 is 0 Å². The van der Waals surface area contributed by atoms with Gasteiger partial charge in [-0.2, -0.15) is 0 Å². The molecule has 7 heteroatoms. The van der Waals surface area contributed by atoms with Crippen molar-refractivity contribution in [2.24, 2.45) is 0 Å². The maximum atomic E-state index is 12.6. The fourth-order valence-electron chi connectivity index (χ4n) is 2.96. The molecule has 26 heavy (non-hydrogen) atoms. The molecule has 1 fully saturated rings. The lowest BCUT2D eigenvalue weighted by Crippen LogP contribution is -2.44. The average molecular weight is 373 g/mol. The number of carbonyl (C=O) groups excluding carboxylic acids is 1. The van der Waals surface area contributed by atoms with Crippen LogP contribution in [0.2, 0.25) is 0 Å². The lowest BCUT2D eigenvalue weighted by Gasteiger charge is -2.35. The van der Waals surface area contributed by atoms with Crippen LogP contribution in [0.25, 0.3) is 0 Å². The Morgan fingerprint density at radius 3 is 2.38 bits per heavy atom. The molecule has 0 aromatic heterocycles. The molecule has 1 saturated heterocycles. The van der Waals surface area contributed by atoms with Crippen molar-refractivity contribution in [3.05, 3.63) is 54.1 Å². The van der Waals surface area contributed by atoms with Crippen LogP contribution in [-0.4, -0.2) is 58.7 Å². The highest BCUT2D eigenvalue weighted by Gasteiger charge is 2.18. The van der Waals surface area contributed by atoms with Crippen LogP contribution in [0.3, 0.4) is 0 Å². The molecule has 0 spiro atoms. The van der Waals surface area contributed by atoms with Gasteiger partial charge >= 0.3 is 0 Å². The number of sulfone groups is 1. The van der Waals surface area contributed by atoms with Crippen LogP contribution in [0.4, 0.5) is 11.4 Å². The average Bonchev–Trinajstić information content (AvgIpc) is 2.62. The van der Waals surface area contributed by atoms with Gasteiger partial charge < -0.3 is 15.1 Å². The van der Waals surface area contributed by atoms with Gasteiger partial charge in [-0.15, -0.1) is 0 Å². The first-order valence-corrected chi connectivity index (χ1v) is 10.4. The number of carbonyl (C=O) groups is 1. The number of benzene rings is 2. The highest BCUT2D eigenvalue weighted by molar-refractivity contribution is 7.90. The highest BCUT2D eigenvalue weighted by atomic mass is 32.2. The van der Waals surface area contributed by atoms with Crippen LogP contribution < -0.4 is 10.2 Å².